The summed E-state index contributed by atoms with van der Waals surface area (Å²) in [7, 11) is 0. The second-order valence-corrected chi connectivity index (χ2v) is 4.15. The quantitative estimate of drug-likeness (QED) is 0.424. The van der Waals surface area contributed by atoms with Gasteiger partial charge in [-0.25, -0.2) is 14.6 Å². The molecule has 0 amide bonds. The second kappa shape index (κ2) is 5.28. The molecule has 1 aliphatic rings. The van der Waals surface area contributed by atoms with Crippen LogP contribution >= 0.6 is 12.2 Å². The van der Waals surface area contributed by atoms with Crippen molar-refractivity contribution in [1.82, 2.24) is 4.90 Å². The molecule has 0 aromatic carbocycles. The summed E-state index contributed by atoms with van der Waals surface area (Å²) in [4.78, 5) is 37.3. The van der Waals surface area contributed by atoms with Gasteiger partial charge in [0.1, 0.15) is 0 Å². The number of hydrogen-bond acceptors (Lipinski definition) is 5. The highest BCUT2D eigenvalue weighted by Crippen LogP contribution is 2.24. The lowest BCUT2D eigenvalue weighted by atomic mass is 9.89. The van der Waals surface area contributed by atoms with Crippen LogP contribution in [0.4, 0.5) is 0 Å². The SMILES string of the molecule is O=C(O)CC(O)(C(=O)O)C(C(=O)O)N1CC=NC1=S. The van der Waals surface area contributed by atoms with Crippen molar-refractivity contribution in [3.63, 3.8) is 0 Å². The van der Waals surface area contributed by atoms with E-state index in [1.165, 1.54) is 6.21 Å². The van der Waals surface area contributed by atoms with Crippen molar-refractivity contribution in [2.24, 2.45) is 4.99 Å². The molecule has 0 saturated carbocycles. The van der Waals surface area contributed by atoms with Gasteiger partial charge in [0.15, 0.2) is 11.2 Å². The van der Waals surface area contributed by atoms with E-state index in [0.29, 0.717) is 0 Å². The van der Waals surface area contributed by atoms with Crippen LogP contribution in [0.2, 0.25) is 0 Å². The normalized spacial score (nSPS) is 19.0. The topological polar surface area (TPSA) is 148 Å². The number of carboxylic acids is 3. The molecular weight excluding hydrogens is 280 g/mol. The summed E-state index contributed by atoms with van der Waals surface area (Å²) in [6, 6.07) is -2.05. The van der Waals surface area contributed by atoms with E-state index >= 15 is 0 Å². The van der Waals surface area contributed by atoms with Crippen molar-refractivity contribution in [1.29, 1.82) is 0 Å². The minimum atomic E-state index is -3.02. The van der Waals surface area contributed by atoms with E-state index in [4.69, 9.17) is 27.5 Å². The highest BCUT2D eigenvalue weighted by atomic mass is 32.1. The first kappa shape index (κ1) is 15.0. The second-order valence-electron chi connectivity index (χ2n) is 3.79. The molecule has 0 saturated heterocycles. The molecule has 1 rings (SSSR count). The number of aliphatic hydroxyl groups is 1. The molecule has 0 fully saturated rings. The summed E-state index contributed by atoms with van der Waals surface area (Å²) < 4.78 is 0. The molecular formula is C9H10N2O7S. The molecule has 4 N–H and O–H groups in total. The van der Waals surface area contributed by atoms with E-state index in [-0.39, 0.29) is 11.7 Å². The van der Waals surface area contributed by atoms with E-state index in [0.717, 1.165) is 4.90 Å². The Morgan fingerprint density at radius 3 is 2.32 bits per heavy atom. The summed E-state index contributed by atoms with van der Waals surface area (Å²) >= 11 is 4.72. The average Bonchev–Trinajstić information content (AvgIpc) is 2.63. The van der Waals surface area contributed by atoms with Gasteiger partial charge in [-0.15, -0.1) is 0 Å². The monoisotopic (exact) mass is 290 g/mol. The minimum absolute atomic E-state index is 0.120. The van der Waals surface area contributed by atoms with Crippen molar-refractivity contribution in [2.75, 3.05) is 6.54 Å². The largest absolute Gasteiger partial charge is 0.481 e. The van der Waals surface area contributed by atoms with Crippen LogP contribution in [0.1, 0.15) is 6.42 Å². The van der Waals surface area contributed by atoms with Gasteiger partial charge in [-0.3, -0.25) is 4.79 Å². The fourth-order valence-electron chi connectivity index (χ4n) is 1.69. The highest BCUT2D eigenvalue weighted by molar-refractivity contribution is 7.80. The Morgan fingerprint density at radius 2 is 2.00 bits per heavy atom. The Balaban J connectivity index is 3.21. The van der Waals surface area contributed by atoms with E-state index in [2.05, 4.69) is 4.99 Å². The van der Waals surface area contributed by atoms with Crippen LogP contribution in [-0.4, -0.2) is 72.7 Å². The zero-order valence-corrected chi connectivity index (χ0v) is 10.2. The number of aliphatic imine (C=N–C) groups is 1. The first-order valence-electron chi connectivity index (χ1n) is 4.93. The van der Waals surface area contributed by atoms with Crippen molar-refractivity contribution in [2.45, 2.75) is 18.1 Å². The number of carbonyl (C=O) groups is 3. The van der Waals surface area contributed by atoms with Gasteiger partial charge >= 0.3 is 17.9 Å². The molecule has 0 bridgehead atoms. The fourth-order valence-corrected chi connectivity index (χ4v) is 1.94. The summed E-state index contributed by atoms with van der Waals surface area (Å²) in [6.45, 7) is -0.120. The molecule has 10 heteroatoms. The van der Waals surface area contributed by atoms with E-state index in [1.54, 1.807) is 0 Å². The van der Waals surface area contributed by atoms with Gasteiger partial charge in [-0.05, 0) is 12.2 Å². The van der Waals surface area contributed by atoms with Gasteiger partial charge in [0.25, 0.3) is 0 Å². The molecule has 1 heterocycles. The molecule has 0 aromatic rings. The summed E-state index contributed by atoms with van der Waals surface area (Å²) in [5.41, 5.74) is -3.02. The Morgan fingerprint density at radius 1 is 1.42 bits per heavy atom. The molecule has 2 atom stereocenters. The standard InChI is InChI=1S/C9H10N2O7S/c12-4(13)3-9(18,7(16)17)5(6(14)15)11-2-1-10-8(11)19/h1,5,18H,2-3H2,(H,12,13)(H,14,15)(H,16,17). The van der Waals surface area contributed by atoms with E-state index in [1.807, 2.05) is 0 Å². The minimum Gasteiger partial charge on any atom is -0.481 e. The summed E-state index contributed by atoms with van der Waals surface area (Å²) in [5.74, 6) is -5.32. The molecule has 9 nitrogen and oxygen atoms in total. The van der Waals surface area contributed by atoms with Gasteiger partial charge in [0.2, 0.25) is 5.60 Å². The zero-order chi connectivity index (χ0) is 14.8. The van der Waals surface area contributed by atoms with Crippen LogP contribution in [0.3, 0.4) is 0 Å². The lowest BCUT2D eigenvalue weighted by Gasteiger charge is -2.34. The molecule has 104 valence electrons. The van der Waals surface area contributed by atoms with Crippen molar-refractivity contribution < 1.29 is 34.8 Å². The Labute approximate surface area is 111 Å². The molecule has 0 radical (unpaired) electrons. The summed E-state index contributed by atoms with van der Waals surface area (Å²) in [6.07, 6.45) is -0.0419. The van der Waals surface area contributed by atoms with Crippen LogP contribution in [0, 0.1) is 0 Å². The molecule has 0 aromatic heterocycles. The van der Waals surface area contributed by atoms with Crippen LogP contribution < -0.4 is 0 Å². The van der Waals surface area contributed by atoms with Gasteiger partial charge in [-0.2, -0.15) is 0 Å². The number of thiocarbonyl (C=S) groups is 1. The number of hydrogen-bond donors (Lipinski definition) is 4. The molecule has 2 unspecified atom stereocenters. The lowest BCUT2D eigenvalue weighted by Crippen LogP contribution is -2.62. The van der Waals surface area contributed by atoms with Crippen LogP contribution in [0.15, 0.2) is 4.99 Å². The van der Waals surface area contributed by atoms with Crippen LogP contribution in [-0.2, 0) is 14.4 Å². The molecule has 19 heavy (non-hydrogen) atoms. The van der Waals surface area contributed by atoms with Crippen LogP contribution in [0.25, 0.3) is 0 Å². The van der Waals surface area contributed by atoms with E-state index < -0.39 is 36.0 Å². The van der Waals surface area contributed by atoms with Gasteiger partial charge in [0, 0.05) is 6.21 Å². The van der Waals surface area contributed by atoms with Crippen LogP contribution in [0.5, 0.6) is 0 Å². The smallest absolute Gasteiger partial charge is 0.339 e. The molecule has 0 spiro atoms. The zero-order valence-electron chi connectivity index (χ0n) is 9.39. The number of rotatable bonds is 6. The van der Waals surface area contributed by atoms with Gasteiger partial charge in [-0.1, -0.05) is 0 Å². The van der Waals surface area contributed by atoms with Crippen molar-refractivity contribution >= 4 is 41.5 Å². The fraction of sp³-hybridized carbons (Fsp3) is 0.444. The predicted molar refractivity (Wildman–Crippen MR) is 64.1 cm³/mol. The third-order valence-corrected chi connectivity index (χ3v) is 2.85. The lowest BCUT2D eigenvalue weighted by molar-refractivity contribution is -0.178. The Kier molecular flexibility index (Phi) is 4.17. The number of nitrogens with zero attached hydrogens (tertiary/aromatic N) is 2. The van der Waals surface area contributed by atoms with Crippen molar-refractivity contribution in [3.05, 3.63) is 0 Å². The maximum Gasteiger partial charge on any atom is 0.339 e. The Hall–Kier alpha value is -2.07. The van der Waals surface area contributed by atoms with Gasteiger partial charge < -0.3 is 25.3 Å². The van der Waals surface area contributed by atoms with E-state index in [9.17, 15) is 19.5 Å². The maximum atomic E-state index is 11.2. The first-order chi connectivity index (χ1) is 8.70. The van der Waals surface area contributed by atoms with Gasteiger partial charge in [0.05, 0.1) is 13.0 Å². The third kappa shape index (κ3) is 2.85. The number of carboxylic acid groups (broad SMARTS) is 3. The molecule has 0 aliphatic carbocycles. The first-order valence-corrected chi connectivity index (χ1v) is 5.34. The number of aliphatic carboxylic acids is 3. The average molecular weight is 290 g/mol. The predicted octanol–water partition coefficient (Wildman–Crippen LogP) is -1.60. The molecule has 1 aliphatic heterocycles. The van der Waals surface area contributed by atoms with Crippen molar-refractivity contribution in [3.8, 4) is 0 Å². The third-order valence-electron chi connectivity index (χ3n) is 2.51. The maximum absolute atomic E-state index is 11.2. The Bertz CT molecular complexity index is 477. The highest BCUT2D eigenvalue weighted by Gasteiger charge is 2.54. The summed E-state index contributed by atoms with van der Waals surface area (Å²) in [5, 5.41) is 36.4.